The van der Waals surface area contributed by atoms with Crippen molar-refractivity contribution in [2.75, 3.05) is 0 Å². The first-order valence-corrected chi connectivity index (χ1v) is 6.64. The first-order valence-electron chi connectivity index (χ1n) is 5.82. The number of hydrogen-bond donors (Lipinski definition) is 0. The zero-order valence-electron chi connectivity index (χ0n) is 10.6. The van der Waals surface area contributed by atoms with E-state index in [1.54, 1.807) is 0 Å². The van der Waals surface area contributed by atoms with Crippen molar-refractivity contribution in [1.29, 1.82) is 0 Å². The Balaban J connectivity index is 2.11. The van der Waals surface area contributed by atoms with Crippen LogP contribution >= 0.6 is 11.8 Å². The highest BCUT2D eigenvalue weighted by Crippen LogP contribution is 2.30. The van der Waals surface area contributed by atoms with Gasteiger partial charge in [0.25, 0.3) is 0 Å². The van der Waals surface area contributed by atoms with Gasteiger partial charge < -0.3 is 0 Å². The Morgan fingerprint density at radius 3 is 2.00 bits per heavy atom. The molecule has 0 fully saturated rings. The lowest BCUT2D eigenvalue weighted by molar-refractivity contribution is -0.137. The number of thioether (sulfide) groups is 1. The summed E-state index contributed by atoms with van der Waals surface area (Å²) in [5.41, 5.74) is 0.578. The van der Waals surface area contributed by atoms with Gasteiger partial charge in [0.1, 0.15) is 0 Å². The smallest absolute Gasteiger partial charge is 0.281 e. The monoisotopic (exact) mass is 296 g/mol. The molecule has 0 heterocycles. The van der Waals surface area contributed by atoms with E-state index in [2.05, 4.69) is 0 Å². The van der Waals surface area contributed by atoms with Crippen molar-refractivity contribution in [1.82, 2.24) is 0 Å². The number of hydrogen-bond acceptors (Lipinski definition) is 2. The summed E-state index contributed by atoms with van der Waals surface area (Å²) < 4.78 is 37.2. The van der Waals surface area contributed by atoms with Gasteiger partial charge in [-0.2, -0.15) is 13.2 Å². The van der Waals surface area contributed by atoms with E-state index in [1.807, 2.05) is 31.2 Å². The summed E-state index contributed by atoms with van der Waals surface area (Å²) >= 11 is 0.999. The predicted octanol–water partition coefficient (Wildman–Crippen LogP) is 4.95. The van der Waals surface area contributed by atoms with E-state index < -0.39 is 11.7 Å². The second-order valence-corrected chi connectivity index (χ2v) is 5.32. The summed E-state index contributed by atoms with van der Waals surface area (Å²) in [6, 6.07) is 11.6. The summed E-state index contributed by atoms with van der Waals surface area (Å²) in [5, 5.41) is -0.275. The molecular formula is C15H11F3OS. The highest BCUT2D eigenvalue weighted by Gasteiger charge is 2.30. The Morgan fingerprint density at radius 2 is 1.50 bits per heavy atom. The number of aryl methyl sites for hydroxylation is 1. The van der Waals surface area contributed by atoms with E-state index >= 15 is 0 Å². The van der Waals surface area contributed by atoms with Crippen LogP contribution in [0.15, 0.2) is 53.4 Å². The molecule has 0 aliphatic rings. The molecule has 2 aromatic rings. The van der Waals surface area contributed by atoms with Gasteiger partial charge in [-0.1, -0.05) is 17.7 Å². The minimum absolute atomic E-state index is 0.253. The molecule has 0 N–H and O–H groups in total. The molecule has 0 aromatic heterocycles. The van der Waals surface area contributed by atoms with Gasteiger partial charge in [-0.3, -0.25) is 4.79 Å². The van der Waals surface area contributed by atoms with Gasteiger partial charge in [0.15, 0.2) is 0 Å². The molecule has 0 atom stereocenters. The Morgan fingerprint density at radius 1 is 0.950 bits per heavy atom. The van der Waals surface area contributed by atoms with Crippen LogP contribution in [0.4, 0.5) is 13.2 Å². The van der Waals surface area contributed by atoms with Crippen LogP contribution in [-0.2, 0) is 6.18 Å². The average Bonchev–Trinajstić information content (AvgIpc) is 2.40. The largest absolute Gasteiger partial charge is 0.416 e. The fourth-order valence-corrected chi connectivity index (χ4v) is 2.31. The van der Waals surface area contributed by atoms with Crippen LogP contribution < -0.4 is 0 Å². The van der Waals surface area contributed by atoms with Gasteiger partial charge in [0.05, 0.1) is 5.56 Å². The zero-order valence-corrected chi connectivity index (χ0v) is 11.4. The summed E-state index contributed by atoms with van der Waals surface area (Å²) in [4.78, 5) is 12.7. The third-order valence-corrected chi connectivity index (χ3v) is 3.61. The Kier molecular flexibility index (Phi) is 4.18. The molecule has 0 aliphatic carbocycles. The number of alkyl halides is 3. The van der Waals surface area contributed by atoms with Crippen LogP contribution in [0, 0.1) is 6.92 Å². The highest BCUT2D eigenvalue weighted by molar-refractivity contribution is 8.14. The van der Waals surface area contributed by atoms with Crippen molar-refractivity contribution < 1.29 is 18.0 Å². The second-order valence-electron chi connectivity index (χ2n) is 4.28. The minimum Gasteiger partial charge on any atom is -0.281 e. The standard InChI is InChI=1S/C15H11F3OS/c1-10-2-8-13(9-3-10)20-14(19)11-4-6-12(7-5-11)15(16,17)18/h2-9H,1H3. The van der Waals surface area contributed by atoms with E-state index in [0.29, 0.717) is 0 Å². The molecule has 20 heavy (non-hydrogen) atoms. The number of rotatable bonds is 2. The summed E-state index contributed by atoms with van der Waals surface area (Å²) in [7, 11) is 0. The van der Waals surface area contributed by atoms with Crippen LogP contribution in [0.5, 0.6) is 0 Å². The minimum atomic E-state index is -4.38. The molecule has 0 aliphatic heterocycles. The Labute approximate surface area is 118 Å². The van der Waals surface area contributed by atoms with E-state index in [0.717, 1.165) is 34.4 Å². The first-order chi connectivity index (χ1) is 9.36. The van der Waals surface area contributed by atoms with Crippen LogP contribution in [0.3, 0.4) is 0 Å². The third-order valence-electron chi connectivity index (χ3n) is 2.68. The third kappa shape index (κ3) is 3.63. The van der Waals surface area contributed by atoms with Crippen molar-refractivity contribution in [3.63, 3.8) is 0 Å². The molecule has 0 unspecified atom stereocenters. The SMILES string of the molecule is Cc1ccc(SC(=O)c2ccc(C(F)(F)F)cc2)cc1. The Hall–Kier alpha value is -1.75. The number of carbonyl (C=O) groups excluding carboxylic acids is 1. The lowest BCUT2D eigenvalue weighted by Crippen LogP contribution is -2.05. The molecule has 1 nitrogen and oxygen atoms in total. The predicted molar refractivity (Wildman–Crippen MR) is 72.8 cm³/mol. The van der Waals surface area contributed by atoms with Gasteiger partial charge in [0, 0.05) is 10.5 Å². The van der Waals surface area contributed by atoms with Crippen LogP contribution in [0.25, 0.3) is 0 Å². The Bertz CT molecular complexity index is 601. The van der Waals surface area contributed by atoms with E-state index in [1.165, 1.54) is 12.1 Å². The van der Waals surface area contributed by atoms with Crippen molar-refractivity contribution in [2.45, 2.75) is 18.0 Å². The van der Waals surface area contributed by atoms with Gasteiger partial charge in [-0.05, 0) is 55.1 Å². The maximum absolute atomic E-state index is 12.4. The van der Waals surface area contributed by atoms with Gasteiger partial charge in [0.2, 0.25) is 5.12 Å². The van der Waals surface area contributed by atoms with Crippen LogP contribution in [0.2, 0.25) is 0 Å². The summed E-state index contributed by atoms with van der Waals surface area (Å²) in [6.45, 7) is 1.94. The highest BCUT2D eigenvalue weighted by atomic mass is 32.2. The number of halogens is 3. The van der Waals surface area contributed by atoms with E-state index in [9.17, 15) is 18.0 Å². The number of carbonyl (C=O) groups is 1. The lowest BCUT2D eigenvalue weighted by Gasteiger charge is -2.07. The molecule has 0 spiro atoms. The first kappa shape index (κ1) is 14.7. The van der Waals surface area contributed by atoms with Gasteiger partial charge in [-0.15, -0.1) is 0 Å². The van der Waals surface area contributed by atoms with E-state index in [4.69, 9.17) is 0 Å². The molecule has 0 amide bonds. The molecule has 2 aromatic carbocycles. The van der Waals surface area contributed by atoms with Gasteiger partial charge >= 0.3 is 6.18 Å². The number of benzene rings is 2. The van der Waals surface area contributed by atoms with Crippen molar-refractivity contribution in [2.24, 2.45) is 0 Å². The zero-order chi connectivity index (χ0) is 14.8. The molecule has 2 rings (SSSR count). The van der Waals surface area contributed by atoms with Crippen molar-refractivity contribution in [3.8, 4) is 0 Å². The fraction of sp³-hybridized carbons (Fsp3) is 0.133. The fourth-order valence-electron chi connectivity index (χ4n) is 1.57. The summed E-state index contributed by atoms with van der Waals surface area (Å²) in [6.07, 6.45) is -4.38. The topological polar surface area (TPSA) is 17.1 Å². The second kappa shape index (κ2) is 5.71. The maximum atomic E-state index is 12.4. The van der Waals surface area contributed by atoms with Crippen LogP contribution in [0.1, 0.15) is 21.5 Å². The molecule has 0 radical (unpaired) electrons. The molecular weight excluding hydrogens is 285 g/mol. The maximum Gasteiger partial charge on any atom is 0.416 e. The lowest BCUT2D eigenvalue weighted by atomic mass is 10.1. The quantitative estimate of drug-likeness (QED) is 0.730. The average molecular weight is 296 g/mol. The molecule has 0 saturated carbocycles. The van der Waals surface area contributed by atoms with E-state index in [-0.39, 0.29) is 10.7 Å². The van der Waals surface area contributed by atoms with Gasteiger partial charge in [-0.25, -0.2) is 0 Å². The van der Waals surface area contributed by atoms with Crippen molar-refractivity contribution >= 4 is 16.9 Å². The van der Waals surface area contributed by atoms with Crippen LogP contribution in [-0.4, -0.2) is 5.12 Å². The molecule has 104 valence electrons. The summed E-state index contributed by atoms with van der Waals surface area (Å²) in [5.74, 6) is 0. The molecule has 0 bridgehead atoms. The molecule has 5 heteroatoms. The normalized spacial score (nSPS) is 11.4. The van der Waals surface area contributed by atoms with Crippen molar-refractivity contribution in [3.05, 3.63) is 65.2 Å². The molecule has 0 saturated heterocycles.